The molecule has 5 nitrogen and oxygen atoms in total. The smallest absolute Gasteiger partial charge is 0.210 e. The summed E-state index contributed by atoms with van der Waals surface area (Å²) in [7, 11) is 0. The summed E-state index contributed by atoms with van der Waals surface area (Å²) in [5.41, 5.74) is 2.26. The molecule has 2 N–H and O–H groups in total. The zero-order valence-corrected chi connectivity index (χ0v) is 15.7. The minimum Gasteiger partial charge on any atom is -0.336 e. The minimum atomic E-state index is 0.468. The van der Waals surface area contributed by atoms with Crippen molar-refractivity contribution in [2.75, 3.05) is 5.84 Å². The number of rotatable bonds is 5. The summed E-state index contributed by atoms with van der Waals surface area (Å²) in [6.07, 6.45) is 6.22. The fraction of sp³-hybridized carbons (Fsp3) is 0.438. The molecule has 0 bridgehead atoms. The van der Waals surface area contributed by atoms with Gasteiger partial charge >= 0.3 is 0 Å². The summed E-state index contributed by atoms with van der Waals surface area (Å²) in [6, 6.07) is 2.10. The molecule has 3 aromatic rings. The molecule has 1 saturated carbocycles. The fourth-order valence-electron chi connectivity index (χ4n) is 3.06. The van der Waals surface area contributed by atoms with Gasteiger partial charge in [0.2, 0.25) is 5.16 Å². The number of nitrogens with zero attached hydrogens (tertiary/aromatic N) is 4. The lowest BCUT2D eigenvalue weighted by molar-refractivity contribution is 0.421. The molecule has 1 fully saturated rings. The van der Waals surface area contributed by atoms with Crippen LogP contribution in [0.15, 0.2) is 27.4 Å². The van der Waals surface area contributed by atoms with E-state index in [-0.39, 0.29) is 0 Å². The van der Waals surface area contributed by atoms with Gasteiger partial charge in [0.15, 0.2) is 5.82 Å². The summed E-state index contributed by atoms with van der Waals surface area (Å²) in [6.45, 7) is 0. The number of hydrogen-bond donors (Lipinski definition) is 1. The monoisotopic (exact) mass is 377 g/mol. The van der Waals surface area contributed by atoms with Gasteiger partial charge in [0.25, 0.3) is 0 Å². The first-order chi connectivity index (χ1) is 11.8. The molecule has 0 amide bonds. The minimum absolute atomic E-state index is 0.468. The van der Waals surface area contributed by atoms with Gasteiger partial charge in [0, 0.05) is 28.0 Å². The van der Waals surface area contributed by atoms with E-state index in [2.05, 4.69) is 32.4 Å². The SMILES string of the molecule is Nn1c(SCc2csc(-c3ccsc3)n2)nnc1C1CCCCC1. The van der Waals surface area contributed by atoms with Crippen LogP contribution in [0.1, 0.15) is 49.5 Å². The van der Waals surface area contributed by atoms with Gasteiger partial charge in [-0.2, -0.15) is 11.3 Å². The molecule has 126 valence electrons. The Morgan fingerprint density at radius 2 is 2.08 bits per heavy atom. The van der Waals surface area contributed by atoms with Crippen LogP contribution in [-0.4, -0.2) is 19.9 Å². The molecule has 0 spiro atoms. The molecule has 0 aliphatic heterocycles. The molecule has 0 radical (unpaired) electrons. The van der Waals surface area contributed by atoms with Crippen LogP contribution in [0.25, 0.3) is 10.6 Å². The highest BCUT2D eigenvalue weighted by molar-refractivity contribution is 7.98. The Bertz CT molecular complexity index is 787. The van der Waals surface area contributed by atoms with E-state index in [9.17, 15) is 0 Å². The van der Waals surface area contributed by atoms with Gasteiger partial charge in [0.1, 0.15) is 5.01 Å². The third-order valence-electron chi connectivity index (χ3n) is 4.33. The summed E-state index contributed by atoms with van der Waals surface area (Å²) in [5.74, 6) is 8.41. The Hall–Kier alpha value is -1.38. The van der Waals surface area contributed by atoms with Gasteiger partial charge in [-0.1, -0.05) is 31.0 Å². The van der Waals surface area contributed by atoms with Crippen molar-refractivity contribution in [2.24, 2.45) is 0 Å². The lowest BCUT2D eigenvalue weighted by Crippen LogP contribution is -2.18. The average molecular weight is 378 g/mol. The maximum absolute atomic E-state index is 6.24. The van der Waals surface area contributed by atoms with Crippen LogP contribution in [0, 0.1) is 0 Å². The Morgan fingerprint density at radius 3 is 2.88 bits per heavy atom. The van der Waals surface area contributed by atoms with Gasteiger partial charge in [0.05, 0.1) is 5.69 Å². The van der Waals surface area contributed by atoms with E-state index >= 15 is 0 Å². The highest BCUT2D eigenvalue weighted by atomic mass is 32.2. The van der Waals surface area contributed by atoms with E-state index in [1.165, 1.54) is 37.7 Å². The van der Waals surface area contributed by atoms with Crippen LogP contribution in [0.3, 0.4) is 0 Å². The van der Waals surface area contributed by atoms with Crippen molar-refractivity contribution in [1.82, 2.24) is 19.9 Å². The van der Waals surface area contributed by atoms with E-state index in [4.69, 9.17) is 10.8 Å². The first kappa shape index (κ1) is 16.1. The fourth-order valence-corrected chi connectivity index (χ4v) is 5.45. The van der Waals surface area contributed by atoms with E-state index in [0.29, 0.717) is 5.92 Å². The molecule has 4 rings (SSSR count). The second-order valence-corrected chi connectivity index (χ2v) is 8.57. The van der Waals surface area contributed by atoms with E-state index < -0.39 is 0 Å². The Morgan fingerprint density at radius 1 is 1.21 bits per heavy atom. The zero-order chi connectivity index (χ0) is 16.4. The second kappa shape index (κ2) is 7.25. The molecule has 0 atom stereocenters. The largest absolute Gasteiger partial charge is 0.336 e. The Labute approximate surface area is 153 Å². The highest BCUT2D eigenvalue weighted by Crippen LogP contribution is 2.33. The molecule has 1 aliphatic rings. The van der Waals surface area contributed by atoms with Crippen molar-refractivity contribution in [2.45, 2.75) is 48.9 Å². The van der Waals surface area contributed by atoms with Gasteiger partial charge in [-0.15, -0.1) is 21.5 Å². The molecular weight excluding hydrogens is 358 g/mol. The third-order valence-corrected chi connectivity index (χ3v) is 6.93. The van der Waals surface area contributed by atoms with Gasteiger partial charge in [-0.3, -0.25) is 0 Å². The second-order valence-electron chi connectivity index (χ2n) is 5.99. The van der Waals surface area contributed by atoms with Crippen LogP contribution in [0.4, 0.5) is 0 Å². The quantitative estimate of drug-likeness (QED) is 0.523. The first-order valence-electron chi connectivity index (χ1n) is 8.11. The lowest BCUT2D eigenvalue weighted by Gasteiger charge is -2.20. The number of nitrogens with two attached hydrogens (primary N) is 1. The Kier molecular flexibility index (Phi) is 4.86. The lowest BCUT2D eigenvalue weighted by atomic mass is 9.89. The van der Waals surface area contributed by atoms with Crippen molar-refractivity contribution < 1.29 is 0 Å². The normalized spacial score (nSPS) is 15.8. The number of thioether (sulfide) groups is 1. The maximum Gasteiger partial charge on any atom is 0.210 e. The molecule has 3 heterocycles. The standard InChI is InChI=1S/C16H19N5S3/c17-21-14(11-4-2-1-3-5-11)19-20-16(21)24-10-13-9-23-15(18-13)12-6-7-22-8-12/h6-9,11H,1-5,10,17H2. The molecule has 3 aromatic heterocycles. The molecule has 0 aromatic carbocycles. The van der Waals surface area contributed by atoms with Crippen LogP contribution >= 0.6 is 34.4 Å². The number of nitrogen functional groups attached to an aromatic ring is 1. The Balaban J connectivity index is 1.42. The van der Waals surface area contributed by atoms with Crippen molar-refractivity contribution in [3.63, 3.8) is 0 Å². The van der Waals surface area contributed by atoms with Gasteiger partial charge in [-0.05, 0) is 24.3 Å². The summed E-state index contributed by atoms with van der Waals surface area (Å²) >= 11 is 4.98. The van der Waals surface area contributed by atoms with E-state index in [0.717, 1.165) is 27.4 Å². The average Bonchev–Trinajstić information content (AvgIpc) is 3.35. The predicted molar refractivity (Wildman–Crippen MR) is 101 cm³/mol. The van der Waals surface area contributed by atoms with Gasteiger partial charge < -0.3 is 5.84 Å². The number of aromatic nitrogens is 4. The number of thiophene rings is 1. The van der Waals surface area contributed by atoms with E-state index in [1.807, 2.05) is 0 Å². The van der Waals surface area contributed by atoms with Crippen LogP contribution in [0.2, 0.25) is 0 Å². The molecule has 24 heavy (non-hydrogen) atoms. The van der Waals surface area contributed by atoms with Crippen LogP contribution in [0.5, 0.6) is 0 Å². The topological polar surface area (TPSA) is 69.6 Å². The molecule has 0 saturated heterocycles. The van der Waals surface area contributed by atoms with Crippen molar-refractivity contribution in [3.05, 3.63) is 33.7 Å². The number of hydrogen-bond acceptors (Lipinski definition) is 7. The first-order valence-corrected chi connectivity index (χ1v) is 10.9. The zero-order valence-electron chi connectivity index (χ0n) is 13.2. The third kappa shape index (κ3) is 3.36. The van der Waals surface area contributed by atoms with Crippen LogP contribution < -0.4 is 5.84 Å². The summed E-state index contributed by atoms with van der Waals surface area (Å²) in [5, 5.41) is 16.8. The van der Waals surface area contributed by atoms with Crippen molar-refractivity contribution in [1.29, 1.82) is 0 Å². The van der Waals surface area contributed by atoms with Crippen molar-refractivity contribution in [3.8, 4) is 10.6 Å². The molecule has 1 aliphatic carbocycles. The van der Waals surface area contributed by atoms with E-state index in [1.54, 1.807) is 39.1 Å². The summed E-state index contributed by atoms with van der Waals surface area (Å²) < 4.78 is 1.69. The highest BCUT2D eigenvalue weighted by Gasteiger charge is 2.22. The van der Waals surface area contributed by atoms with Crippen molar-refractivity contribution >= 4 is 34.4 Å². The summed E-state index contributed by atoms with van der Waals surface area (Å²) in [4.78, 5) is 4.70. The predicted octanol–water partition coefficient (Wildman–Crippen LogP) is 4.52. The molecule has 0 unspecified atom stereocenters. The molecular formula is C16H19N5S3. The van der Waals surface area contributed by atoms with Crippen LogP contribution in [-0.2, 0) is 5.75 Å². The van der Waals surface area contributed by atoms with Gasteiger partial charge in [-0.25, -0.2) is 9.66 Å². The number of thiazole rings is 1. The molecule has 8 heteroatoms. The maximum atomic E-state index is 6.24.